The maximum atomic E-state index is 5.67. The zero-order chi connectivity index (χ0) is 8.27. The van der Waals surface area contributed by atoms with Gasteiger partial charge in [0, 0.05) is 6.54 Å². The van der Waals surface area contributed by atoms with Crippen molar-refractivity contribution >= 4 is 24.8 Å². The van der Waals surface area contributed by atoms with E-state index in [0.29, 0.717) is 0 Å². The highest BCUT2D eigenvalue weighted by Gasteiger charge is 2.06. The molecule has 1 atom stereocenters. The molecule has 1 rings (SSSR count). The molecule has 0 saturated heterocycles. The molecule has 0 radical (unpaired) electrons. The molecule has 0 spiro atoms. The van der Waals surface area contributed by atoms with Crippen LogP contribution in [0.25, 0.3) is 0 Å². The van der Waals surface area contributed by atoms with Crippen LogP contribution < -0.4 is 5.73 Å². The van der Waals surface area contributed by atoms with Crippen LogP contribution in [0.3, 0.4) is 0 Å². The number of hydrogen-bond donors (Lipinski definition) is 1. The zero-order valence-electron chi connectivity index (χ0n) is 7.80. The van der Waals surface area contributed by atoms with Gasteiger partial charge in [-0.25, -0.2) is 0 Å². The lowest BCUT2D eigenvalue weighted by Gasteiger charge is -2.06. The molecular formula is C7H16Cl2N4. The Morgan fingerprint density at radius 2 is 2.15 bits per heavy atom. The van der Waals surface area contributed by atoms with Crippen molar-refractivity contribution in [2.24, 2.45) is 5.73 Å². The summed E-state index contributed by atoms with van der Waals surface area (Å²) < 4.78 is 1.99. The van der Waals surface area contributed by atoms with Crippen molar-refractivity contribution < 1.29 is 0 Å². The third-order valence-corrected chi connectivity index (χ3v) is 1.52. The molecule has 1 aromatic heterocycles. The molecule has 1 aromatic rings. The van der Waals surface area contributed by atoms with Crippen molar-refractivity contribution in [3.8, 4) is 0 Å². The van der Waals surface area contributed by atoms with E-state index in [4.69, 9.17) is 5.73 Å². The number of rotatable bonds is 3. The fourth-order valence-corrected chi connectivity index (χ4v) is 1.03. The molecule has 0 bridgehead atoms. The molecule has 1 heterocycles. The van der Waals surface area contributed by atoms with E-state index in [0.717, 1.165) is 18.8 Å². The first-order chi connectivity index (χ1) is 5.25. The predicted molar refractivity (Wildman–Crippen MR) is 57.4 cm³/mol. The van der Waals surface area contributed by atoms with Crippen molar-refractivity contribution in [3.63, 3.8) is 0 Å². The fraction of sp³-hybridized carbons (Fsp3) is 0.714. The van der Waals surface area contributed by atoms with Crippen molar-refractivity contribution in [1.29, 1.82) is 0 Å². The van der Waals surface area contributed by atoms with Gasteiger partial charge >= 0.3 is 0 Å². The number of aryl methyl sites for hydroxylation is 1. The highest BCUT2D eigenvalue weighted by Crippen LogP contribution is 2.05. The molecule has 78 valence electrons. The highest BCUT2D eigenvalue weighted by atomic mass is 35.5. The Balaban J connectivity index is 0. The molecule has 4 nitrogen and oxygen atoms in total. The van der Waals surface area contributed by atoms with E-state index in [1.165, 1.54) is 0 Å². The molecule has 0 amide bonds. The van der Waals surface area contributed by atoms with Gasteiger partial charge in [0.05, 0.1) is 6.04 Å². The van der Waals surface area contributed by atoms with Gasteiger partial charge in [-0.2, -0.15) is 0 Å². The second-order valence-corrected chi connectivity index (χ2v) is 2.67. The van der Waals surface area contributed by atoms with E-state index in [2.05, 4.69) is 17.1 Å². The topological polar surface area (TPSA) is 56.7 Å². The number of nitrogens with two attached hydrogens (primary N) is 1. The van der Waals surface area contributed by atoms with E-state index in [9.17, 15) is 0 Å². The van der Waals surface area contributed by atoms with Crippen LogP contribution in [0, 0.1) is 0 Å². The lowest BCUT2D eigenvalue weighted by Crippen LogP contribution is -2.13. The summed E-state index contributed by atoms with van der Waals surface area (Å²) in [5.74, 6) is 0.867. The van der Waals surface area contributed by atoms with Gasteiger partial charge < -0.3 is 10.3 Å². The lowest BCUT2D eigenvalue weighted by atomic mass is 10.3. The predicted octanol–water partition coefficient (Wildman–Crippen LogP) is 1.55. The smallest absolute Gasteiger partial charge is 0.149 e. The van der Waals surface area contributed by atoms with Crippen molar-refractivity contribution in [1.82, 2.24) is 14.8 Å². The minimum absolute atomic E-state index is 0. The quantitative estimate of drug-likeness (QED) is 0.852. The van der Waals surface area contributed by atoms with Gasteiger partial charge in [0.1, 0.15) is 12.2 Å². The zero-order valence-corrected chi connectivity index (χ0v) is 9.44. The summed E-state index contributed by atoms with van der Waals surface area (Å²) >= 11 is 0. The molecule has 1 unspecified atom stereocenters. The average molecular weight is 227 g/mol. The molecule has 0 aliphatic heterocycles. The second kappa shape index (κ2) is 7.12. The summed E-state index contributed by atoms with van der Waals surface area (Å²) in [5.41, 5.74) is 5.67. The molecule has 0 aromatic carbocycles. The highest BCUT2D eigenvalue weighted by molar-refractivity contribution is 5.85. The first-order valence-electron chi connectivity index (χ1n) is 3.89. The normalized spacial score (nSPS) is 11.3. The number of halogens is 2. The van der Waals surface area contributed by atoms with E-state index < -0.39 is 0 Å². The van der Waals surface area contributed by atoms with E-state index in [1.807, 2.05) is 11.5 Å². The van der Waals surface area contributed by atoms with E-state index in [1.54, 1.807) is 6.33 Å². The van der Waals surface area contributed by atoms with Crippen molar-refractivity contribution in [2.45, 2.75) is 32.9 Å². The van der Waals surface area contributed by atoms with Gasteiger partial charge in [-0.1, -0.05) is 6.92 Å². The summed E-state index contributed by atoms with van der Waals surface area (Å²) in [4.78, 5) is 0. The number of nitrogens with zero attached hydrogens (tertiary/aromatic N) is 3. The SMILES string of the molecule is CCCn1cnnc1C(C)N.Cl.Cl. The van der Waals surface area contributed by atoms with Gasteiger partial charge in [0.25, 0.3) is 0 Å². The van der Waals surface area contributed by atoms with Crippen LogP contribution in [0.2, 0.25) is 0 Å². The van der Waals surface area contributed by atoms with Crippen LogP contribution in [0.5, 0.6) is 0 Å². The lowest BCUT2D eigenvalue weighted by molar-refractivity contribution is 0.600. The molecule has 13 heavy (non-hydrogen) atoms. The third kappa shape index (κ3) is 3.93. The van der Waals surface area contributed by atoms with Crippen LogP contribution in [-0.4, -0.2) is 14.8 Å². The number of aromatic nitrogens is 3. The van der Waals surface area contributed by atoms with Crippen LogP contribution in [0.4, 0.5) is 0 Å². The minimum Gasteiger partial charge on any atom is -0.322 e. The van der Waals surface area contributed by atoms with E-state index in [-0.39, 0.29) is 30.9 Å². The fourth-order valence-electron chi connectivity index (χ4n) is 1.03. The van der Waals surface area contributed by atoms with Crippen LogP contribution >= 0.6 is 24.8 Å². The molecular weight excluding hydrogens is 211 g/mol. The van der Waals surface area contributed by atoms with E-state index >= 15 is 0 Å². The molecule has 0 aliphatic rings. The Labute approximate surface area is 90.7 Å². The van der Waals surface area contributed by atoms with Gasteiger partial charge in [0.2, 0.25) is 0 Å². The molecule has 6 heteroatoms. The van der Waals surface area contributed by atoms with Gasteiger partial charge in [-0.05, 0) is 13.3 Å². The van der Waals surface area contributed by atoms with Crippen LogP contribution in [0.15, 0.2) is 6.33 Å². The Morgan fingerprint density at radius 3 is 2.62 bits per heavy atom. The van der Waals surface area contributed by atoms with Crippen LogP contribution in [-0.2, 0) is 6.54 Å². The Kier molecular flexibility index (Phi) is 8.30. The van der Waals surface area contributed by atoms with Gasteiger partial charge in [-0.15, -0.1) is 35.0 Å². The summed E-state index contributed by atoms with van der Waals surface area (Å²) in [6.45, 7) is 4.98. The Morgan fingerprint density at radius 1 is 1.54 bits per heavy atom. The Bertz CT molecular complexity index is 224. The number of hydrogen-bond acceptors (Lipinski definition) is 3. The molecule has 0 saturated carbocycles. The summed E-state index contributed by atoms with van der Waals surface area (Å²) in [5, 5.41) is 7.72. The van der Waals surface area contributed by atoms with Gasteiger partial charge in [-0.3, -0.25) is 0 Å². The first kappa shape index (κ1) is 15.2. The molecule has 0 fully saturated rings. The second-order valence-electron chi connectivity index (χ2n) is 2.67. The molecule has 0 aliphatic carbocycles. The third-order valence-electron chi connectivity index (χ3n) is 1.52. The molecule has 2 N–H and O–H groups in total. The van der Waals surface area contributed by atoms with Crippen molar-refractivity contribution in [2.75, 3.05) is 0 Å². The Hall–Kier alpha value is -0.320. The maximum Gasteiger partial charge on any atom is 0.149 e. The largest absolute Gasteiger partial charge is 0.322 e. The van der Waals surface area contributed by atoms with Crippen molar-refractivity contribution in [3.05, 3.63) is 12.2 Å². The summed E-state index contributed by atoms with van der Waals surface area (Å²) in [6, 6.07) is -0.0240. The summed E-state index contributed by atoms with van der Waals surface area (Å²) in [6.07, 6.45) is 2.81. The van der Waals surface area contributed by atoms with Gasteiger partial charge in [0.15, 0.2) is 0 Å². The standard InChI is InChI=1S/C7H14N4.2ClH/c1-3-4-11-5-9-10-7(11)6(2)8;;/h5-6H,3-4,8H2,1-2H3;2*1H. The first-order valence-corrected chi connectivity index (χ1v) is 3.89. The monoisotopic (exact) mass is 226 g/mol. The summed E-state index contributed by atoms with van der Waals surface area (Å²) in [7, 11) is 0. The average Bonchev–Trinajstić information content (AvgIpc) is 2.36. The minimum atomic E-state index is -0.0240. The van der Waals surface area contributed by atoms with Crippen LogP contribution in [0.1, 0.15) is 32.1 Å². The maximum absolute atomic E-state index is 5.67.